The first-order valence-electron chi connectivity index (χ1n) is 2.77. The highest BCUT2D eigenvalue weighted by Crippen LogP contribution is 2.29. The molecular formula is C5H3N2O5. The van der Waals surface area contributed by atoms with E-state index in [1.165, 1.54) is 0 Å². The second-order valence-corrected chi connectivity index (χ2v) is 1.92. The Morgan fingerprint density at radius 1 is 1.33 bits per heavy atom. The van der Waals surface area contributed by atoms with E-state index < -0.39 is 21.4 Å². The summed E-state index contributed by atoms with van der Waals surface area (Å²) in [6.07, 6.45) is 0. The van der Waals surface area contributed by atoms with Gasteiger partial charge in [0.05, 0.1) is 11.0 Å². The van der Waals surface area contributed by atoms with Gasteiger partial charge in [0.2, 0.25) is 0 Å². The molecular weight excluding hydrogens is 168 g/mol. The van der Waals surface area contributed by atoms with E-state index >= 15 is 0 Å². The van der Waals surface area contributed by atoms with Crippen LogP contribution in [0.4, 0.5) is 11.6 Å². The second-order valence-electron chi connectivity index (χ2n) is 1.92. The molecule has 0 aliphatic carbocycles. The Labute approximate surface area is 65.9 Å². The van der Waals surface area contributed by atoms with Crippen LogP contribution in [0.2, 0.25) is 0 Å². The molecule has 12 heavy (non-hydrogen) atoms. The Bertz CT molecular complexity index is 310. The van der Waals surface area contributed by atoms with Crippen LogP contribution in [-0.2, 0) is 0 Å². The van der Waals surface area contributed by atoms with Gasteiger partial charge in [-0.2, -0.15) is 0 Å². The van der Waals surface area contributed by atoms with Crippen LogP contribution in [0.1, 0.15) is 5.76 Å². The van der Waals surface area contributed by atoms with Gasteiger partial charge in [0.15, 0.2) is 0 Å². The predicted octanol–water partition coefficient (Wildman–Crippen LogP) is 1.28. The van der Waals surface area contributed by atoms with Crippen LogP contribution in [0.15, 0.2) is 10.5 Å². The van der Waals surface area contributed by atoms with Gasteiger partial charge in [0.25, 0.3) is 0 Å². The molecule has 1 aromatic rings. The van der Waals surface area contributed by atoms with E-state index in [9.17, 15) is 20.2 Å². The smallest absolute Gasteiger partial charge is 0.400 e. The molecule has 0 saturated carbocycles. The maximum atomic E-state index is 10.2. The predicted molar refractivity (Wildman–Crippen MR) is 36.5 cm³/mol. The number of nitro groups is 2. The zero-order chi connectivity index (χ0) is 9.30. The summed E-state index contributed by atoms with van der Waals surface area (Å²) < 4.78 is 4.39. The van der Waals surface area contributed by atoms with Crippen molar-refractivity contribution in [2.24, 2.45) is 0 Å². The zero-order valence-corrected chi connectivity index (χ0v) is 5.72. The average Bonchev–Trinajstić information content (AvgIpc) is 2.31. The van der Waals surface area contributed by atoms with Crippen LogP contribution in [-0.4, -0.2) is 9.85 Å². The maximum Gasteiger partial charge on any atom is 0.512 e. The lowest BCUT2D eigenvalue weighted by molar-refractivity contribution is -0.433. The lowest BCUT2D eigenvalue weighted by atomic mass is 10.4. The third-order valence-electron chi connectivity index (χ3n) is 1.11. The summed E-state index contributed by atoms with van der Waals surface area (Å²) in [4.78, 5) is 18.4. The Balaban J connectivity index is 3.26. The third-order valence-corrected chi connectivity index (χ3v) is 1.11. The molecule has 0 aromatic carbocycles. The molecule has 1 heterocycles. The second kappa shape index (κ2) is 2.61. The van der Waals surface area contributed by atoms with E-state index in [1.807, 2.05) is 0 Å². The van der Waals surface area contributed by atoms with Gasteiger partial charge < -0.3 is 4.42 Å². The van der Waals surface area contributed by atoms with Gasteiger partial charge in [-0.3, -0.25) is 20.2 Å². The summed E-state index contributed by atoms with van der Waals surface area (Å²) in [6.45, 7) is 3.19. The lowest BCUT2D eigenvalue weighted by Crippen LogP contribution is -1.91. The van der Waals surface area contributed by atoms with Crippen LogP contribution >= 0.6 is 0 Å². The molecule has 0 aliphatic rings. The molecule has 0 N–H and O–H groups in total. The highest BCUT2D eigenvalue weighted by atomic mass is 16.7. The summed E-state index contributed by atoms with van der Waals surface area (Å²) >= 11 is 0. The van der Waals surface area contributed by atoms with E-state index in [0.717, 1.165) is 6.07 Å². The van der Waals surface area contributed by atoms with Crippen molar-refractivity contribution in [3.8, 4) is 0 Å². The normalized spacial score (nSPS) is 9.75. The van der Waals surface area contributed by atoms with Crippen molar-refractivity contribution in [2.75, 3.05) is 0 Å². The minimum absolute atomic E-state index is 0.103. The largest absolute Gasteiger partial charge is 0.512 e. The van der Waals surface area contributed by atoms with Crippen molar-refractivity contribution in [1.29, 1.82) is 0 Å². The maximum absolute atomic E-state index is 10.2. The van der Waals surface area contributed by atoms with Gasteiger partial charge in [-0.1, -0.05) is 0 Å². The molecule has 0 aliphatic heterocycles. The van der Waals surface area contributed by atoms with E-state index in [4.69, 9.17) is 0 Å². The van der Waals surface area contributed by atoms with Gasteiger partial charge in [-0.15, -0.1) is 0 Å². The van der Waals surface area contributed by atoms with Crippen LogP contribution in [0.5, 0.6) is 0 Å². The molecule has 0 fully saturated rings. The molecule has 7 nitrogen and oxygen atoms in total. The van der Waals surface area contributed by atoms with Crippen molar-refractivity contribution in [3.05, 3.63) is 39.0 Å². The van der Waals surface area contributed by atoms with Gasteiger partial charge in [0, 0.05) is 6.92 Å². The molecule has 1 aromatic heterocycles. The van der Waals surface area contributed by atoms with Crippen LogP contribution < -0.4 is 0 Å². The highest BCUT2D eigenvalue weighted by Gasteiger charge is 2.30. The number of hydrogen-bond acceptors (Lipinski definition) is 5. The van der Waals surface area contributed by atoms with E-state index in [2.05, 4.69) is 11.3 Å². The van der Waals surface area contributed by atoms with Gasteiger partial charge in [0.1, 0.15) is 10.7 Å². The highest BCUT2D eigenvalue weighted by molar-refractivity contribution is 5.46. The molecule has 63 valence electrons. The minimum atomic E-state index is -0.965. The number of rotatable bonds is 2. The summed E-state index contributed by atoms with van der Waals surface area (Å²) in [6, 6.07) is 0.901. The van der Waals surface area contributed by atoms with Crippen molar-refractivity contribution in [1.82, 2.24) is 0 Å². The third kappa shape index (κ3) is 1.24. The van der Waals surface area contributed by atoms with Crippen molar-refractivity contribution >= 4 is 11.6 Å². The summed E-state index contributed by atoms with van der Waals surface area (Å²) in [5.41, 5.74) is -0.676. The number of hydrogen-bond donors (Lipinski definition) is 0. The van der Waals surface area contributed by atoms with Crippen molar-refractivity contribution in [3.63, 3.8) is 0 Å². The van der Waals surface area contributed by atoms with Gasteiger partial charge >= 0.3 is 11.6 Å². The first-order valence-corrected chi connectivity index (χ1v) is 2.77. The Hall–Kier alpha value is -1.92. The summed E-state index contributed by atoms with van der Waals surface area (Å²) in [7, 11) is 0. The Morgan fingerprint density at radius 3 is 2.25 bits per heavy atom. The molecule has 1 radical (unpaired) electrons. The van der Waals surface area contributed by atoms with Crippen LogP contribution in [0.25, 0.3) is 0 Å². The zero-order valence-electron chi connectivity index (χ0n) is 5.72. The Kier molecular flexibility index (Phi) is 1.78. The van der Waals surface area contributed by atoms with Gasteiger partial charge in [-0.05, 0) is 0 Å². The van der Waals surface area contributed by atoms with Crippen molar-refractivity contribution < 1.29 is 14.3 Å². The van der Waals surface area contributed by atoms with Gasteiger partial charge in [-0.25, -0.2) is 0 Å². The molecule has 1 rings (SSSR count). The first kappa shape index (κ1) is 8.18. The van der Waals surface area contributed by atoms with E-state index in [1.54, 1.807) is 0 Å². The fourth-order valence-electron chi connectivity index (χ4n) is 0.682. The van der Waals surface area contributed by atoms with Crippen LogP contribution in [0, 0.1) is 27.2 Å². The quantitative estimate of drug-likeness (QED) is 0.492. The molecule has 0 atom stereocenters. The number of furan rings is 1. The fraction of sp³-hybridized carbons (Fsp3) is 0. The summed E-state index contributed by atoms with van der Waals surface area (Å²) in [5, 5.41) is 20.3. The molecule has 0 saturated heterocycles. The lowest BCUT2D eigenvalue weighted by Gasteiger charge is -1.83. The molecule has 0 spiro atoms. The van der Waals surface area contributed by atoms with Crippen LogP contribution in [0.3, 0.4) is 0 Å². The average molecular weight is 171 g/mol. The van der Waals surface area contributed by atoms with E-state index in [-0.39, 0.29) is 5.76 Å². The first-order chi connectivity index (χ1) is 5.52. The molecule has 0 amide bonds. The number of nitrogens with zero attached hydrogens (tertiary/aromatic N) is 2. The van der Waals surface area contributed by atoms with Crippen molar-refractivity contribution in [2.45, 2.75) is 0 Å². The fourth-order valence-corrected chi connectivity index (χ4v) is 0.682. The monoisotopic (exact) mass is 171 g/mol. The topological polar surface area (TPSA) is 99.4 Å². The molecule has 7 heteroatoms. The van der Waals surface area contributed by atoms with E-state index in [0.29, 0.717) is 0 Å². The SMILES string of the molecule is [CH2]c1cc([N+](=O)[O-])c([N+](=O)[O-])o1. The minimum Gasteiger partial charge on any atom is -0.400 e. The summed E-state index contributed by atoms with van der Waals surface area (Å²) in [5.74, 6) is -0.988. The molecule has 0 bridgehead atoms. The molecule has 0 unspecified atom stereocenters. The standard InChI is InChI=1S/C5H3N2O5/c1-3-2-4(6(8)9)5(12-3)7(10)11/h2H,1H2. The Morgan fingerprint density at radius 2 is 1.92 bits per heavy atom.